The number of furan rings is 1. The Morgan fingerprint density at radius 3 is 2.62 bits per heavy atom. The summed E-state index contributed by atoms with van der Waals surface area (Å²) >= 11 is 2.16. The molecule has 1 aromatic rings. The lowest BCUT2D eigenvalue weighted by molar-refractivity contribution is 0.491. The van der Waals surface area contributed by atoms with Crippen LogP contribution in [0.3, 0.4) is 0 Å². The fraction of sp³-hybridized carbons (Fsp3) is 0.333. The number of hydrogen-bond acceptors (Lipinski definition) is 1. The molecule has 44 valence electrons. The molecular formula is C6H7IO. The van der Waals surface area contributed by atoms with Crippen LogP contribution in [0.15, 0.2) is 16.5 Å². The van der Waals surface area contributed by atoms with Gasteiger partial charge in [-0.1, -0.05) is 6.92 Å². The summed E-state index contributed by atoms with van der Waals surface area (Å²) in [5, 5.41) is 0. The summed E-state index contributed by atoms with van der Waals surface area (Å²) in [5.41, 5.74) is 0. The van der Waals surface area contributed by atoms with Gasteiger partial charge in [0.05, 0.1) is 0 Å². The lowest BCUT2D eigenvalue weighted by atomic mass is 10.4. The van der Waals surface area contributed by atoms with Crippen LogP contribution in [-0.4, -0.2) is 0 Å². The van der Waals surface area contributed by atoms with E-state index in [1.165, 1.54) is 0 Å². The van der Waals surface area contributed by atoms with Crippen molar-refractivity contribution in [1.82, 2.24) is 0 Å². The van der Waals surface area contributed by atoms with E-state index in [1.54, 1.807) is 0 Å². The molecule has 0 aliphatic heterocycles. The molecule has 0 bridgehead atoms. The number of aryl methyl sites for hydroxylation is 1. The van der Waals surface area contributed by atoms with E-state index in [4.69, 9.17) is 4.42 Å². The molecule has 0 aliphatic rings. The minimum absolute atomic E-state index is 0.972. The van der Waals surface area contributed by atoms with E-state index >= 15 is 0 Å². The maximum absolute atomic E-state index is 5.22. The highest BCUT2D eigenvalue weighted by atomic mass is 127. The zero-order valence-electron chi connectivity index (χ0n) is 4.65. The summed E-state index contributed by atoms with van der Waals surface area (Å²) in [5.74, 6) is 1.06. The molecule has 8 heavy (non-hydrogen) atoms. The van der Waals surface area contributed by atoms with Crippen LogP contribution in [-0.2, 0) is 6.42 Å². The van der Waals surface area contributed by atoms with E-state index in [2.05, 4.69) is 29.5 Å². The Labute approximate surface area is 62.2 Å². The van der Waals surface area contributed by atoms with Gasteiger partial charge >= 0.3 is 0 Å². The standard InChI is InChI=1S/C6H7IO/c1-2-5-3-4-6(7)8-5/h3-4H,2H2,1H3. The van der Waals surface area contributed by atoms with Gasteiger partial charge < -0.3 is 4.42 Å². The van der Waals surface area contributed by atoms with Crippen molar-refractivity contribution in [3.05, 3.63) is 21.7 Å². The fourth-order valence-corrected chi connectivity index (χ4v) is 1.00. The van der Waals surface area contributed by atoms with E-state index in [9.17, 15) is 0 Å². The van der Waals surface area contributed by atoms with Gasteiger partial charge in [-0.2, -0.15) is 0 Å². The van der Waals surface area contributed by atoms with Gasteiger partial charge in [-0.15, -0.1) is 0 Å². The Bertz CT molecular complexity index is 169. The Morgan fingerprint density at radius 2 is 2.38 bits per heavy atom. The second-order valence-corrected chi connectivity index (χ2v) is 2.62. The Hall–Kier alpha value is 0.01000. The monoisotopic (exact) mass is 222 g/mol. The highest BCUT2D eigenvalue weighted by molar-refractivity contribution is 14.1. The number of halogens is 1. The summed E-state index contributed by atoms with van der Waals surface area (Å²) in [6.07, 6.45) is 0.989. The average molecular weight is 222 g/mol. The minimum atomic E-state index is 0.972. The maximum atomic E-state index is 5.22. The van der Waals surface area contributed by atoms with Crippen LogP contribution in [0.1, 0.15) is 12.7 Å². The van der Waals surface area contributed by atoms with Crippen molar-refractivity contribution < 1.29 is 4.42 Å². The van der Waals surface area contributed by atoms with Gasteiger partial charge in [0.1, 0.15) is 5.76 Å². The molecule has 2 heteroatoms. The first-order valence-corrected chi connectivity index (χ1v) is 3.65. The smallest absolute Gasteiger partial charge is 0.163 e. The first kappa shape index (κ1) is 6.13. The van der Waals surface area contributed by atoms with E-state index in [-0.39, 0.29) is 0 Å². The highest BCUT2D eigenvalue weighted by Crippen LogP contribution is 2.09. The largest absolute Gasteiger partial charge is 0.455 e. The third-order valence-corrected chi connectivity index (χ3v) is 1.56. The van der Waals surface area contributed by atoms with Crippen LogP contribution in [0, 0.1) is 3.77 Å². The third-order valence-electron chi connectivity index (χ3n) is 0.977. The van der Waals surface area contributed by atoms with E-state index in [1.807, 2.05) is 12.1 Å². The van der Waals surface area contributed by atoms with Crippen LogP contribution < -0.4 is 0 Å². The van der Waals surface area contributed by atoms with Gasteiger partial charge in [0, 0.05) is 6.42 Å². The van der Waals surface area contributed by atoms with Gasteiger partial charge in [0.2, 0.25) is 0 Å². The highest BCUT2D eigenvalue weighted by Gasteiger charge is 1.92. The van der Waals surface area contributed by atoms with Crippen molar-refractivity contribution in [2.24, 2.45) is 0 Å². The van der Waals surface area contributed by atoms with Crippen LogP contribution >= 0.6 is 22.6 Å². The number of hydrogen-bond donors (Lipinski definition) is 0. The topological polar surface area (TPSA) is 13.1 Å². The van der Waals surface area contributed by atoms with Crippen LogP contribution in [0.4, 0.5) is 0 Å². The Balaban J connectivity index is 2.84. The van der Waals surface area contributed by atoms with E-state index < -0.39 is 0 Å². The quantitative estimate of drug-likeness (QED) is 0.665. The van der Waals surface area contributed by atoms with Crippen molar-refractivity contribution in [2.75, 3.05) is 0 Å². The lowest BCUT2D eigenvalue weighted by Crippen LogP contribution is -1.67. The zero-order chi connectivity index (χ0) is 5.98. The number of rotatable bonds is 1. The van der Waals surface area contributed by atoms with E-state index in [0.717, 1.165) is 15.9 Å². The average Bonchev–Trinajstić information content (AvgIpc) is 2.14. The molecule has 1 aromatic heterocycles. The van der Waals surface area contributed by atoms with Crippen LogP contribution in [0.25, 0.3) is 0 Å². The molecule has 0 amide bonds. The first-order chi connectivity index (χ1) is 3.83. The van der Waals surface area contributed by atoms with Crippen LogP contribution in [0.2, 0.25) is 0 Å². The summed E-state index contributed by atoms with van der Waals surface area (Å²) < 4.78 is 6.19. The van der Waals surface area contributed by atoms with Gasteiger partial charge in [0.15, 0.2) is 3.77 Å². The Kier molecular flexibility index (Phi) is 1.94. The molecule has 0 aliphatic carbocycles. The zero-order valence-corrected chi connectivity index (χ0v) is 6.81. The second-order valence-electron chi connectivity index (χ2n) is 1.56. The molecule has 0 fully saturated rings. The van der Waals surface area contributed by atoms with Crippen molar-refractivity contribution in [1.29, 1.82) is 0 Å². The van der Waals surface area contributed by atoms with Crippen molar-refractivity contribution in [3.8, 4) is 0 Å². The molecule has 1 rings (SSSR count). The predicted octanol–water partition coefficient (Wildman–Crippen LogP) is 2.45. The van der Waals surface area contributed by atoms with Gasteiger partial charge in [-0.05, 0) is 34.7 Å². The molecule has 0 spiro atoms. The minimum Gasteiger partial charge on any atom is -0.455 e. The summed E-state index contributed by atoms with van der Waals surface area (Å²) in [6.45, 7) is 2.08. The van der Waals surface area contributed by atoms with Gasteiger partial charge in [-0.25, -0.2) is 0 Å². The molecule has 0 aromatic carbocycles. The molecule has 0 unspecified atom stereocenters. The SMILES string of the molecule is CCc1ccc(I)o1. The normalized spacial score (nSPS) is 9.75. The molecule has 0 N–H and O–H groups in total. The van der Waals surface area contributed by atoms with E-state index in [0.29, 0.717) is 0 Å². The third kappa shape index (κ3) is 1.24. The van der Waals surface area contributed by atoms with Gasteiger partial charge in [0.25, 0.3) is 0 Å². The summed E-state index contributed by atoms with van der Waals surface area (Å²) in [7, 11) is 0. The fourth-order valence-electron chi connectivity index (χ4n) is 0.542. The Morgan fingerprint density at radius 1 is 1.62 bits per heavy atom. The summed E-state index contributed by atoms with van der Waals surface area (Å²) in [6, 6.07) is 3.97. The predicted molar refractivity (Wildman–Crippen MR) is 40.8 cm³/mol. The van der Waals surface area contributed by atoms with Crippen molar-refractivity contribution in [3.63, 3.8) is 0 Å². The maximum Gasteiger partial charge on any atom is 0.163 e. The van der Waals surface area contributed by atoms with Crippen LogP contribution in [0.5, 0.6) is 0 Å². The molecule has 1 heterocycles. The first-order valence-electron chi connectivity index (χ1n) is 2.57. The molecule has 0 saturated carbocycles. The van der Waals surface area contributed by atoms with Gasteiger partial charge in [-0.3, -0.25) is 0 Å². The molecule has 0 atom stereocenters. The van der Waals surface area contributed by atoms with Crippen molar-refractivity contribution in [2.45, 2.75) is 13.3 Å². The second kappa shape index (κ2) is 2.53. The molecular weight excluding hydrogens is 215 g/mol. The lowest BCUT2D eigenvalue weighted by Gasteiger charge is -1.82. The summed E-state index contributed by atoms with van der Waals surface area (Å²) in [4.78, 5) is 0. The molecule has 0 radical (unpaired) electrons. The van der Waals surface area contributed by atoms with Crippen molar-refractivity contribution >= 4 is 22.6 Å². The molecule has 0 saturated heterocycles. The molecule has 1 nitrogen and oxygen atoms in total.